The van der Waals surface area contributed by atoms with Crippen LogP contribution in [0.2, 0.25) is 0 Å². The van der Waals surface area contributed by atoms with Gasteiger partial charge < -0.3 is 0 Å². The van der Waals surface area contributed by atoms with Gasteiger partial charge in [0, 0.05) is 4.90 Å². The molecule has 0 N–H and O–H groups in total. The summed E-state index contributed by atoms with van der Waals surface area (Å²) >= 11 is 4.27. The summed E-state index contributed by atoms with van der Waals surface area (Å²) in [5, 5.41) is 0. The van der Waals surface area contributed by atoms with Gasteiger partial charge in [0.1, 0.15) is 0 Å². The molecule has 0 bridgehead atoms. The monoisotopic (exact) mass is 208 g/mol. The van der Waals surface area contributed by atoms with Crippen molar-refractivity contribution < 1.29 is 0 Å². The molecule has 0 saturated carbocycles. The van der Waals surface area contributed by atoms with Crippen molar-refractivity contribution >= 4 is 12.6 Å². The average Bonchev–Trinajstić information content (AvgIpc) is 2.21. The van der Waals surface area contributed by atoms with Gasteiger partial charge in [-0.2, -0.15) is 0 Å². The van der Waals surface area contributed by atoms with E-state index in [9.17, 15) is 0 Å². The second kappa shape index (κ2) is 6.94. The lowest BCUT2D eigenvalue weighted by Crippen LogP contribution is -1.85. The molecule has 1 aromatic rings. The van der Waals surface area contributed by atoms with Crippen LogP contribution in [0.3, 0.4) is 0 Å². The highest BCUT2D eigenvalue weighted by molar-refractivity contribution is 7.80. The molecule has 0 saturated heterocycles. The maximum atomic E-state index is 4.27. The van der Waals surface area contributed by atoms with E-state index in [1.54, 1.807) is 0 Å². The normalized spacial score (nSPS) is 10.4. The highest BCUT2D eigenvalue weighted by Gasteiger charge is 1.93. The van der Waals surface area contributed by atoms with Gasteiger partial charge >= 0.3 is 0 Å². The van der Waals surface area contributed by atoms with Gasteiger partial charge in [0.15, 0.2) is 0 Å². The van der Waals surface area contributed by atoms with Gasteiger partial charge in [-0.25, -0.2) is 0 Å². The lowest BCUT2D eigenvalue weighted by Gasteiger charge is -2.01. The molecule has 0 unspecified atom stereocenters. The molecule has 78 valence electrons. The Kier molecular flexibility index (Phi) is 5.77. The van der Waals surface area contributed by atoms with Gasteiger partial charge in [-0.3, -0.25) is 0 Å². The van der Waals surface area contributed by atoms with Gasteiger partial charge in [-0.15, -0.1) is 12.6 Å². The third-order valence-electron chi connectivity index (χ3n) is 2.51. The molecule has 0 aliphatic heterocycles. The van der Waals surface area contributed by atoms with Gasteiger partial charge in [0.05, 0.1) is 0 Å². The molecule has 1 heteroatoms. The van der Waals surface area contributed by atoms with Crippen molar-refractivity contribution in [3.8, 4) is 0 Å². The van der Waals surface area contributed by atoms with Gasteiger partial charge in [0.2, 0.25) is 0 Å². The molecule has 0 aromatic heterocycles. The molecule has 14 heavy (non-hydrogen) atoms. The molecule has 1 rings (SSSR count). The molecular weight excluding hydrogens is 188 g/mol. The van der Waals surface area contributed by atoms with Gasteiger partial charge in [0.25, 0.3) is 0 Å². The molecule has 0 aliphatic rings. The lowest BCUT2D eigenvalue weighted by atomic mass is 10.1. The van der Waals surface area contributed by atoms with E-state index in [1.807, 2.05) is 0 Å². The minimum atomic E-state index is 1.06. The van der Waals surface area contributed by atoms with Crippen molar-refractivity contribution in [2.75, 3.05) is 0 Å². The Morgan fingerprint density at radius 2 is 1.57 bits per heavy atom. The number of rotatable bonds is 6. The third kappa shape index (κ3) is 4.71. The van der Waals surface area contributed by atoms with E-state index in [-0.39, 0.29) is 0 Å². The standard InChI is InChI=1S/C13H20S/c1-2-3-4-5-6-7-12-8-10-13(14)11-9-12/h8-11,14H,2-7H2,1H3. The number of unbranched alkanes of at least 4 members (excludes halogenated alkanes) is 4. The number of aryl methyl sites for hydroxylation is 1. The second-order valence-corrected chi connectivity index (χ2v) is 4.35. The molecule has 0 nitrogen and oxygen atoms in total. The van der Waals surface area contributed by atoms with Crippen molar-refractivity contribution in [2.24, 2.45) is 0 Å². The van der Waals surface area contributed by atoms with Crippen molar-refractivity contribution in [3.05, 3.63) is 29.8 Å². The largest absolute Gasteiger partial charge is 0.143 e. The maximum absolute atomic E-state index is 4.27. The highest BCUT2D eigenvalue weighted by atomic mass is 32.1. The van der Waals surface area contributed by atoms with Crippen molar-refractivity contribution in [2.45, 2.75) is 50.3 Å². The Labute approximate surface area is 93.1 Å². The molecule has 0 amide bonds. The van der Waals surface area contributed by atoms with E-state index < -0.39 is 0 Å². The van der Waals surface area contributed by atoms with Crippen LogP contribution in [-0.4, -0.2) is 0 Å². The fourth-order valence-corrected chi connectivity index (χ4v) is 1.74. The number of hydrogen-bond donors (Lipinski definition) is 1. The Balaban J connectivity index is 2.15. The van der Waals surface area contributed by atoms with E-state index in [0.29, 0.717) is 0 Å². The first-order valence-electron chi connectivity index (χ1n) is 5.61. The van der Waals surface area contributed by atoms with Crippen molar-refractivity contribution in [3.63, 3.8) is 0 Å². The summed E-state index contributed by atoms with van der Waals surface area (Å²) in [6, 6.07) is 8.51. The SMILES string of the molecule is CCCCCCCc1ccc(S)cc1. The van der Waals surface area contributed by atoms with Crippen molar-refractivity contribution in [1.29, 1.82) is 0 Å². The molecule has 0 atom stereocenters. The van der Waals surface area contributed by atoms with Crippen LogP contribution in [0.5, 0.6) is 0 Å². The van der Waals surface area contributed by atoms with E-state index in [4.69, 9.17) is 0 Å². The van der Waals surface area contributed by atoms with E-state index >= 15 is 0 Å². The topological polar surface area (TPSA) is 0 Å². The molecule has 0 heterocycles. The summed E-state index contributed by atoms with van der Waals surface area (Å²) in [7, 11) is 0. The molecule has 1 aromatic carbocycles. The lowest BCUT2D eigenvalue weighted by molar-refractivity contribution is 0.632. The molecule has 0 spiro atoms. The first-order chi connectivity index (χ1) is 6.83. The van der Waals surface area contributed by atoms with Crippen molar-refractivity contribution in [1.82, 2.24) is 0 Å². The molecule has 0 radical (unpaired) electrons. The van der Waals surface area contributed by atoms with Crippen LogP contribution in [0.15, 0.2) is 29.2 Å². The smallest absolute Gasteiger partial charge is 0.00401 e. The minimum Gasteiger partial charge on any atom is -0.143 e. The van der Waals surface area contributed by atoms with E-state index in [2.05, 4.69) is 43.8 Å². The Morgan fingerprint density at radius 1 is 0.929 bits per heavy atom. The highest BCUT2D eigenvalue weighted by Crippen LogP contribution is 2.11. The first kappa shape index (κ1) is 11.6. The predicted molar refractivity (Wildman–Crippen MR) is 66.2 cm³/mol. The molecule has 0 fully saturated rings. The van der Waals surface area contributed by atoms with E-state index in [0.717, 1.165) is 4.90 Å². The van der Waals surface area contributed by atoms with Gasteiger partial charge in [-0.05, 0) is 30.5 Å². The number of thiol groups is 1. The predicted octanol–water partition coefficient (Wildman–Crippen LogP) is 4.49. The van der Waals surface area contributed by atoms with Crippen LogP contribution in [0.4, 0.5) is 0 Å². The second-order valence-electron chi connectivity index (χ2n) is 3.83. The average molecular weight is 208 g/mol. The fraction of sp³-hybridized carbons (Fsp3) is 0.538. The summed E-state index contributed by atoms with van der Waals surface area (Å²) in [5.74, 6) is 0. The molecule has 0 aliphatic carbocycles. The van der Waals surface area contributed by atoms with Crippen LogP contribution >= 0.6 is 12.6 Å². The first-order valence-corrected chi connectivity index (χ1v) is 6.05. The van der Waals surface area contributed by atoms with Crippen LogP contribution in [0, 0.1) is 0 Å². The summed E-state index contributed by atoms with van der Waals surface area (Å²) in [4.78, 5) is 1.06. The zero-order valence-electron chi connectivity index (χ0n) is 9.00. The summed E-state index contributed by atoms with van der Waals surface area (Å²) in [6.45, 7) is 2.26. The maximum Gasteiger partial charge on any atom is 0.00401 e. The zero-order valence-corrected chi connectivity index (χ0v) is 9.89. The van der Waals surface area contributed by atoms with Crippen LogP contribution in [0.1, 0.15) is 44.6 Å². The third-order valence-corrected chi connectivity index (χ3v) is 2.80. The molecular formula is C13H20S. The van der Waals surface area contributed by atoms with Crippen LogP contribution in [-0.2, 0) is 6.42 Å². The quantitative estimate of drug-likeness (QED) is 0.517. The Bertz CT molecular complexity index is 238. The summed E-state index contributed by atoms with van der Waals surface area (Å²) < 4.78 is 0. The minimum absolute atomic E-state index is 1.06. The number of benzene rings is 1. The zero-order chi connectivity index (χ0) is 10.2. The summed E-state index contributed by atoms with van der Waals surface area (Å²) in [5.41, 5.74) is 1.44. The Morgan fingerprint density at radius 3 is 2.21 bits per heavy atom. The Hall–Kier alpha value is -0.430. The fourth-order valence-electron chi connectivity index (χ4n) is 1.60. The van der Waals surface area contributed by atoms with Crippen LogP contribution in [0.25, 0.3) is 0 Å². The van der Waals surface area contributed by atoms with Crippen LogP contribution < -0.4 is 0 Å². The number of hydrogen-bond acceptors (Lipinski definition) is 1. The summed E-state index contributed by atoms with van der Waals surface area (Å²) in [6.07, 6.45) is 8.02. The van der Waals surface area contributed by atoms with E-state index in [1.165, 1.54) is 44.1 Å². The van der Waals surface area contributed by atoms with Gasteiger partial charge in [-0.1, -0.05) is 44.7 Å².